The van der Waals surface area contributed by atoms with Crippen LogP contribution in [0, 0.1) is 5.41 Å². The molecule has 9 nitrogen and oxygen atoms in total. The van der Waals surface area contributed by atoms with Gasteiger partial charge in [0.25, 0.3) is 5.91 Å². The number of hydrogen-bond acceptors (Lipinski definition) is 6. The highest BCUT2D eigenvalue weighted by Crippen LogP contribution is 2.30. The molecule has 9 heteroatoms. The molecular formula is C26H28N8O. The number of hydrogen-bond donors (Lipinski definition) is 4. The number of fused-ring (bicyclic) bond motifs is 1. The van der Waals surface area contributed by atoms with Crippen LogP contribution in [0.2, 0.25) is 0 Å². The summed E-state index contributed by atoms with van der Waals surface area (Å²) in [4.78, 5) is 12.6. The third-order valence-electron chi connectivity index (χ3n) is 5.64. The molecular weight excluding hydrogens is 440 g/mol. The van der Waals surface area contributed by atoms with Crippen LogP contribution in [0.25, 0.3) is 16.6 Å². The first-order valence-corrected chi connectivity index (χ1v) is 11.0. The molecule has 2 aromatic heterocycles. The smallest absolute Gasteiger partial charge is 0.258 e. The van der Waals surface area contributed by atoms with Crippen LogP contribution in [0.3, 0.4) is 0 Å². The monoisotopic (exact) mass is 468 g/mol. The number of aromatic nitrogens is 4. The van der Waals surface area contributed by atoms with E-state index in [0.29, 0.717) is 17.1 Å². The van der Waals surface area contributed by atoms with E-state index in [1.54, 1.807) is 17.9 Å². The summed E-state index contributed by atoms with van der Waals surface area (Å²) in [6.45, 7) is 0. The molecule has 0 fully saturated rings. The molecule has 2 heterocycles. The summed E-state index contributed by atoms with van der Waals surface area (Å²) in [5.41, 5.74) is 5.36. The van der Waals surface area contributed by atoms with Gasteiger partial charge in [-0.15, -0.1) is 5.10 Å². The minimum absolute atomic E-state index is 0. The highest BCUT2D eigenvalue weighted by atomic mass is 16.1. The van der Waals surface area contributed by atoms with E-state index < -0.39 is 0 Å². The van der Waals surface area contributed by atoms with Gasteiger partial charge in [-0.1, -0.05) is 18.2 Å². The van der Waals surface area contributed by atoms with E-state index in [9.17, 15) is 4.79 Å². The van der Waals surface area contributed by atoms with Gasteiger partial charge in [-0.2, -0.15) is 5.10 Å². The Morgan fingerprint density at radius 3 is 2.69 bits per heavy atom. The molecule has 0 bridgehead atoms. The van der Waals surface area contributed by atoms with Gasteiger partial charge in [0, 0.05) is 57.4 Å². The van der Waals surface area contributed by atoms with Crippen LogP contribution in [-0.2, 0) is 7.05 Å². The van der Waals surface area contributed by atoms with Crippen molar-refractivity contribution < 1.29 is 7.65 Å². The van der Waals surface area contributed by atoms with Crippen LogP contribution in [0.4, 0.5) is 22.9 Å². The van der Waals surface area contributed by atoms with Crippen LogP contribution in [0.15, 0.2) is 79.1 Å². The molecule has 0 saturated heterocycles. The van der Waals surface area contributed by atoms with Crippen molar-refractivity contribution in [3.05, 3.63) is 90.3 Å². The molecule has 0 radical (unpaired) electrons. The third-order valence-corrected chi connectivity index (χ3v) is 5.64. The Hall–Kier alpha value is -4.92. The molecule has 0 atom stereocenters. The van der Waals surface area contributed by atoms with E-state index in [2.05, 4.69) is 21.0 Å². The lowest BCUT2D eigenvalue weighted by Crippen LogP contribution is -2.11. The van der Waals surface area contributed by atoms with Crippen molar-refractivity contribution >= 4 is 45.9 Å². The zero-order valence-corrected chi connectivity index (χ0v) is 19.3. The van der Waals surface area contributed by atoms with Gasteiger partial charge in [-0.25, -0.2) is 4.68 Å². The standard InChI is InChI=1S/C26H24N8O.2H2/c1-28-23-11-10-20(12-17(23)14-27)30-25-22-8-3-4-9-24(22)34(32-25)21-7-5-6-19(13-21)31-26(35)18-15-29-33(2)16-18;;/h3-16,27-28H,1-2H3,(H,30,32)(H,31,35);2*1H. The predicted molar refractivity (Wildman–Crippen MR) is 144 cm³/mol. The van der Waals surface area contributed by atoms with Gasteiger partial charge in [-0.05, 0) is 48.5 Å². The maximum absolute atomic E-state index is 12.6. The number of nitrogens with zero attached hydrogens (tertiary/aromatic N) is 4. The number of para-hydroxylation sites is 1. The SMILES string of the molecule is CNc1ccc(Nc2nn(-c3cccc(NC(=O)c4cnn(C)c4)c3)c3ccccc23)cc1C=N.[HH].[HH]. The Labute approximate surface area is 204 Å². The molecule has 1 amide bonds. The number of amides is 1. The number of aryl methyl sites for hydroxylation is 1. The normalized spacial score (nSPS) is 10.8. The molecule has 5 rings (SSSR count). The van der Waals surface area contributed by atoms with Gasteiger partial charge in [0.1, 0.15) is 0 Å². The summed E-state index contributed by atoms with van der Waals surface area (Å²) in [6.07, 6.45) is 4.52. The lowest BCUT2D eigenvalue weighted by Gasteiger charge is -2.09. The average molecular weight is 469 g/mol. The summed E-state index contributed by atoms with van der Waals surface area (Å²) < 4.78 is 3.43. The Morgan fingerprint density at radius 2 is 1.91 bits per heavy atom. The Kier molecular flexibility index (Phi) is 5.72. The summed E-state index contributed by atoms with van der Waals surface area (Å²) in [6, 6.07) is 21.3. The first kappa shape index (κ1) is 21.9. The highest BCUT2D eigenvalue weighted by molar-refractivity contribution is 6.04. The molecule has 0 unspecified atom stereocenters. The molecule has 4 N–H and O–H groups in total. The van der Waals surface area contributed by atoms with Crippen LogP contribution >= 0.6 is 0 Å². The van der Waals surface area contributed by atoms with E-state index in [0.717, 1.165) is 33.5 Å². The van der Waals surface area contributed by atoms with Crippen LogP contribution in [0.5, 0.6) is 0 Å². The zero-order chi connectivity index (χ0) is 24.4. The predicted octanol–water partition coefficient (Wildman–Crippen LogP) is 5.29. The Balaban J connectivity index is 0.00000190. The van der Waals surface area contributed by atoms with Gasteiger partial charge in [0.15, 0.2) is 5.82 Å². The fourth-order valence-electron chi connectivity index (χ4n) is 3.94. The number of carbonyl (C=O) groups is 1. The van der Waals surface area contributed by atoms with Crippen molar-refractivity contribution in [2.75, 3.05) is 23.0 Å². The lowest BCUT2D eigenvalue weighted by molar-refractivity contribution is 0.102. The fraction of sp³-hybridized carbons (Fsp3) is 0.0769. The van der Waals surface area contributed by atoms with Gasteiger partial charge < -0.3 is 21.4 Å². The highest BCUT2D eigenvalue weighted by Gasteiger charge is 2.14. The first-order chi connectivity index (χ1) is 17.1. The summed E-state index contributed by atoms with van der Waals surface area (Å²) in [5, 5.41) is 26.9. The molecule has 3 aromatic carbocycles. The van der Waals surface area contributed by atoms with Crippen LogP contribution < -0.4 is 16.0 Å². The van der Waals surface area contributed by atoms with E-state index in [1.807, 2.05) is 78.5 Å². The third kappa shape index (κ3) is 4.34. The molecule has 0 aliphatic carbocycles. The number of rotatable bonds is 7. The summed E-state index contributed by atoms with van der Waals surface area (Å²) in [5.74, 6) is 0.466. The first-order valence-electron chi connectivity index (χ1n) is 11.0. The van der Waals surface area contributed by atoms with Crippen molar-refractivity contribution in [3.63, 3.8) is 0 Å². The van der Waals surface area contributed by atoms with Crippen LogP contribution in [-0.4, -0.2) is 38.7 Å². The quantitative estimate of drug-likeness (QED) is 0.243. The molecule has 5 aromatic rings. The maximum Gasteiger partial charge on any atom is 0.258 e. The van der Waals surface area contributed by atoms with E-state index in [4.69, 9.17) is 10.5 Å². The van der Waals surface area contributed by atoms with E-state index in [-0.39, 0.29) is 8.76 Å². The molecule has 35 heavy (non-hydrogen) atoms. The van der Waals surface area contributed by atoms with E-state index in [1.165, 1.54) is 12.4 Å². The van der Waals surface area contributed by atoms with Gasteiger partial charge in [0.2, 0.25) is 0 Å². The largest absolute Gasteiger partial charge is 0.388 e. The van der Waals surface area contributed by atoms with Crippen LogP contribution in [0.1, 0.15) is 18.8 Å². The Morgan fingerprint density at radius 1 is 1.06 bits per heavy atom. The molecule has 0 saturated carbocycles. The van der Waals surface area contributed by atoms with Crippen molar-refractivity contribution in [1.82, 2.24) is 19.6 Å². The summed E-state index contributed by atoms with van der Waals surface area (Å²) >= 11 is 0. The maximum atomic E-state index is 12.6. The number of anilines is 4. The topological polar surface area (TPSA) is 113 Å². The van der Waals surface area contributed by atoms with Gasteiger partial charge >= 0.3 is 0 Å². The molecule has 0 spiro atoms. The minimum Gasteiger partial charge on any atom is -0.388 e. The van der Waals surface area contributed by atoms with Crippen molar-refractivity contribution in [3.8, 4) is 5.69 Å². The second-order valence-electron chi connectivity index (χ2n) is 8.01. The molecule has 178 valence electrons. The fourth-order valence-corrected chi connectivity index (χ4v) is 3.94. The van der Waals surface area contributed by atoms with Gasteiger partial charge in [-0.3, -0.25) is 9.48 Å². The number of benzene rings is 3. The van der Waals surface area contributed by atoms with Crippen molar-refractivity contribution in [1.29, 1.82) is 5.41 Å². The van der Waals surface area contributed by atoms with Crippen molar-refractivity contribution in [2.45, 2.75) is 0 Å². The number of nitrogens with one attached hydrogen (secondary N) is 4. The summed E-state index contributed by atoms with van der Waals surface area (Å²) in [7, 11) is 3.60. The molecule has 0 aliphatic rings. The Bertz CT molecular complexity index is 1560. The number of carbonyl (C=O) groups excluding carboxylic acids is 1. The zero-order valence-electron chi connectivity index (χ0n) is 19.3. The minimum atomic E-state index is -0.227. The van der Waals surface area contributed by atoms with Gasteiger partial charge in [0.05, 0.1) is 23.0 Å². The average Bonchev–Trinajstić information content (AvgIpc) is 3.48. The van der Waals surface area contributed by atoms with E-state index >= 15 is 0 Å². The second-order valence-corrected chi connectivity index (χ2v) is 8.01. The molecule has 0 aliphatic heterocycles. The second kappa shape index (κ2) is 9.14. The van der Waals surface area contributed by atoms with Crippen molar-refractivity contribution in [2.24, 2.45) is 7.05 Å². The lowest BCUT2D eigenvalue weighted by atomic mass is 10.1.